The molecule has 0 N–H and O–H groups in total. The quantitative estimate of drug-likeness (QED) is 0.349. The number of nitro benzene ring substituents is 1. The second kappa shape index (κ2) is 4.17. The lowest BCUT2D eigenvalue weighted by Gasteiger charge is -2.39. The summed E-state index contributed by atoms with van der Waals surface area (Å²) in [6, 6.07) is 12.2. The van der Waals surface area contributed by atoms with Gasteiger partial charge in [0, 0.05) is 24.0 Å². The summed E-state index contributed by atoms with van der Waals surface area (Å²) in [7, 11) is 0. The fourth-order valence-electron chi connectivity index (χ4n) is 4.14. The van der Waals surface area contributed by atoms with Crippen LogP contribution in [0.3, 0.4) is 0 Å². The van der Waals surface area contributed by atoms with E-state index in [9.17, 15) is 19.7 Å². The number of hydrogen-bond donors (Lipinski definition) is 0. The third-order valence-corrected chi connectivity index (χ3v) is 5.01. The molecule has 0 radical (unpaired) electrons. The lowest BCUT2D eigenvalue weighted by molar-refractivity contribution is -0.384. The van der Waals surface area contributed by atoms with Crippen molar-refractivity contribution in [2.24, 2.45) is 0 Å². The van der Waals surface area contributed by atoms with Crippen molar-refractivity contribution >= 4 is 17.6 Å². The van der Waals surface area contributed by atoms with E-state index in [0.717, 1.165) is 16.7 Å². The van der Waals surface area contributed by atoms with Gasteiger partial charge in [-0.1, -0.05) is 30.3 Å². The average molecular weight is 319 g/mol. The van der Waals surface area contributed by atoms with Gasteiger partial charge in [0.25, 0.3) is 5.69 Å². The molecule has 2 aromatic carbocycles. The number of ether oxygens (including phenoxy) is 1. The van der Waals surface area contributed by atoms with Crippen LogP contribution in [0.15, 0.2) is 53.6 Å². The Kier molecular flexibility index (Phi) is 2.29. The predicted octanol–water partition coefficient (Wildman–Crippen LogP) is 2.57. The van der Waals surface area contributed by atoms with E-state index in [1.165, 1.54) is 12.1 Å². The molecule has 0 amide bonds. The molecule has 6 rings (SSSR count). The number of nitro groups is 1. The van der Waals surface area contributed by atoms with E-state index in [-0.39, 0.29) is 5.69 Å². The van der Waals surface area contributed by atoms with Gasteiger partial charge < -0.3 is 4.74 Å². The zero-order chi connectivity index (χ0) is 16.6. The number of nitrogens with zero attached hydrogens (tertiary/aromatic N) is 1. The van der Waals surface area contributed by atoms with Crippen LogP contribution in [-0.4, -0.2) is 16.9 Å². The van der Waals surface area contributed by atoms with Crippen molar-refractivity contribution in [1.82, 2.24) is 0 Å². The Balaban J connectivity index is 1.86. The minimum absolute atomic E-state index is 0.0291. The maximum Gasteiger partial charge on any atom is 0.343 e. The van der Waals surface area contributed by atoms with Crippen molar-refractivity contribution in [3.05, 3.63) is 86.0 Å². The summed E-state index contributed by atoms with van der Waals surface area (Å²) in [4.78, 5) is 35.1. The van der Waals surface area contributed by atoms with E-state index >= 15 is 0 Å². The summed E-state index contributed by atoms with van der Waals surface area (Å²) in [6.07, 6.45) is 0. The monoisotopic (exact) mass is 319 g/mol. The first-order chi connectivity index (χ1) is 11.6. The van der Waals surface area contributed by atoms with Gasteiger partial charge >= 0.3 is 11.9 Å². The largest absolute Gasteiger partial charge is 0.386 e. The Bertz CT molecular complexity index is 1020. The summed E-state index contributed by atoms with van der Waals surface area (Å²) >= 11 is 0. The van der Waals surface area contributed by atoms with Crippen LogP contribution in [0, 0.1) is 10.1 Å². The highest BCUT2D eigenvalue weighted by molar-refractivity contribution is 6.16. The summed E-state index contributed by atoms with van der Waals surface area (Å²) < 4.78 is 4.84. The van der Waals surface area contributed by atoms with Crippen LogP contribution in [0.4, 0.5) is 5.69 Å². The highest BCUT2D eigenvalue weighted by atomic mass is 16.6. The normalized spacial score (nSPS) is 22.8. The average Bonchev–Trinajstić information content (AvgIpc) is 2.89. The Labute approximate surface area is 135 Å². The maximum absolute atomic E-state index is 12.2. The van der Waals surface area contributed by atoms with Crippen molar-refractivity contribution in [1.29, 1.82) is 0 Å². The number of hydrogen-bond acceptors (Lipinski definition) is 5. The SMILES string of the molecule is O=C1OC(=O)C2=C1C1c3ccccc3C2c2cc([N+](=O)[O-])ccc21. The fraction of sp³-hybridized carbons (Fsp3) is 0.111. The van der Waals surface area contributed by atoms with Crippen LogP contribution in [0.1, 0.15) is 34.1 Å². The molecule has 0 fully saturated rings. The molecule has 24 heavy (non-hydrogen) atoms. The number of carbonyl (C=O) groups is 2. The Morgan fingerprint density at radius 3 is 1.96 bits per heavy atom. The van der Waals surface area contributed by atoms with E-state index < -0.39 is 28.7 Å². The number of esters is 2. The molecule has 116 valence electrons. The number of rotatable bonds is 1. The van der Waals surface area contributed by atoms with Gasteiger partial charge in [-0.3, -0.25) is 10.1 Å². The van der Waals surface area contributed by atoms with E-state index in [1.54, 1.807) is 6.07 Å². The van der Waals surface area contributed by atoms with Gasteiger partial charge in [-0.05, 0) is 22.3 Å². The van der Waals surface area contributed by atoms with E-state index in [1.807, 2.05) is 24.3 Å². The van der Waals surface area contributed by atoms with Crippen LogP contribution in [0.2, 0.25) is 0 Å². The predicted molar refractivity (Wildman–Crippen MR) is 81.3 cm³/mol. The number of non-ortho nitro benzene ring substituents is 1. The summed E-state index contributed by atoms with van der Waals surface area (Å²) in [6.45, 7) is 0. The molecule has 2 unspecified atom stereocenters. The molecule has 1 heterocycles. The second-order valence-corrected chi connectivity index (χ2v) is 6.07. The number of benzene rings is 2. The highest BCUT2D eigenvalue weighted by Crippen LogP contribution is 2.57. The van der Waals surface area contributed by atoms with Gasteiger partial charge in [0.05, 0.1) is 16.1 Å². The van der Waals surface area contributed by atoms with Crippen LogP contribution in [-0.2, 0) is 14.3 Å². The molecule has 0 aromatic heterocycles. The zero-order valence-electron chi connectivity index (χ0n) is 12.2. The lowest BCUT2D eigenvalue weighted by atomic mass is 9.61. The summed E-state index contributed by atoms with van der Waals surface area (Å²) in [5.74, 6) is -2.15. The molecule has 0 spiro atoms. The molecular formula is C18H9NO5. The smallest absolute Gasteiger partial charge is 0.343 e. The summed E-state index contributed by atoms with van der Waals surface area (Å²) in [5, 5.41) is 11.1. The number of carbonyl (C=O) groups excluding carboxylic acids is 2. The maximum atomic E-state index is 12.2. The van der Waals surface area contributed by atoms with Crippen molar-refractivity contribution in [3.63, 3.8) is 0 Å². The third-order valence-electron chi connectivity index (χ3n) is 5.01. The minimum atomic E-state index is -0.642. The van der Waals surface area contributed by atoms with Gasteiger partial charge in [-0.15, -0.1) is 0 Å². The molecule has 2 aromatic rings. The molecule has 6 heteroatoms. The molecule has 1 aliphatic heterocycles. The van der Waals surface area contributed by atoms with Gasteiger partial charge in [0.15, 0.2) is 0 Å². The topological polar surface area (TPSA) is 86.5 Å². The molecule has 0 saturated heterocycles. The van der Waals surface area contributed by atoms with E-state index in [4.69, 9.17) is 4.74 Å². The zero-order valence-corrected chi connectivity index (χ0v) is 12.2. The van der Waals surface area contributed by atoms with Crippen LogP contribution in [0.5, 0.6) is 0 Å². The van der Waals surface area contributed by atoms with Crippen molar-refractivity contribution in [3.8, 4) is 0 Å². The first-order valence-corrected chi connectivity index (χ1v) is 7.45. The van der Waals surface area contributed by atoms with E-state index in [2.05, 4.69) is 0 Å². The van der Waals surface area contributed by atoms with Gasteiger partial charge in [0.2, 0.25) is 0 Å². The Hall–Kier alpha value is -3.28. The van der Waals surface area contributed by atoms with Crippen molar-refractivity contribution in [2.45, 2.75) is 11.8 Å². The Morgan fingerprint density at radius 2 is 1.38 bits per heavy atom. The standard InChI is InChI=1S/C18H9NO5/c20-17-15-13-9-3-1-2-4-10(9)14(16(15)18(21)24-17)12-7-8(19(22)23)5-6-11(12)13/h1-7,13-14H. The van der Waals surface area contributed by atoms with Crippen molar-refractivity contribution in [2.75, 3.05) is 0 Å². The third kappa shape index (κ3) is 1.40. The lowest BCUT2D eigenvalue weighted by Crippen LogP contribution is -2.29. The minimum Gasteiger partial charge on any atom is -0.386 e. The molecular weight excluding hydrogens is 310 g/mol. The highest BCUT2D eigenvalue weighted by Gasteiger charge is 2.52. The van der Waals surface area contributed by atoms with Gasteiger partial charge in [0.1, 0.15) is 0 Å². The number of cyclic esters (lactones) is 2. The first-order valence-electron chi connectivity index (χ1n) is 7.45. The fourth-order valence-corrected chi connectivity index (χ4v) is 4.14. The molecule has 0 saturated carbocycles. The Morgan fingerprint density at radius 1 is 0.833 bits per heavy atom. The molecule has 4 aliphatic rings. The summed E-state index contributed by atoms with van der Waals surface area (Å²) in [5.41, 5.74) is 4.07. The van der Waals surface area contributed by atoms with Crippen LogP contribution in [0.25, 0.3) is 0 Å². The molecule has 2 atom stereocenters. The van der Waals surface area contributed by atoms with Gasteiger partial charge in [-0.25, -0.2) is 9.59 Å². The van der Waals surface area contributed by atoms with Gasteiger partial charge in [-0.2, -0.15) is 0 Å². The van der Waals surface area contributed by atoms with Crippen molar-refractivity contribution < 1.29 is 19.2 Å². The van der Waals surface area contributed by atoms with E-state index in [0.29, 0.717) is 16.7 Å². The van der Waals surface area contributed by atoms with Crippen LogP contribution >= 0.6 is 0 Å². The molecule has 3 aliphatic carbocycles. The van der Waals surface area contributed by atoms with Crippen LogP contribution < -0.4 is 0 Å². The molecule has 6 nitrogen and oxygen atoms in total. The second-order valence-electron chi connectivity index (χ2n) is 6.07. The molecule has 2 bridgehead atoms. The first kappa shape index (κ1) is 13.2.